The highest BCUT2D eigenvalue weighted by atomic mass is 16.5. The second-order valence-corrected chi connectivity index (χ2v) is 5.34. The van der Waals surface area contributed by atoms with E-state index >= 15 is 0 Å². The van der Waals surface area contributed by atoms with E-state index in [1.165, 1.54) is 5.56 Å². The lowest BCUT2D eigenvalue weighted by atomic mass is 10.3. The largest absolute Gasteiger partial charge is 0.378 e. The SMILES string of the molecule is Cc1cnn(CC(C)NCCC(=O)N2CCOCC2)c1. The average Bonchev–Trinajstić information content (AvgIpc) is 2.85. The predicted molar refractivity (Wildman–Crippen MR) is 76.4 cm³/mol. The third-order valence-corrected chi connectivity index (χ3v) is 3.42. The Morgan fingerprint density at radius 3 is 2.90 bits per heavy atom. The van der Waals surface area contributed by atoms with Gasteiger partial charge in [0.15, 0.2) is 0 Å². The van der Waals surface area contributed by atoms with Crippen molar-refractivity contribution in [2.45, 2.75) is 32.9 Å². The van der Waals surface area contributed by atoms with Gasteiger partial charge in [0.05, 0.1) is 26.0 Å². The third kappa shape index (κ3) is 4.61. The van der Waals surface area contributed by atoms with Crippen LogP contribution in [0.25, 0.3) is 0 Å². The first-order valence-electron chi connectivity index (χ1n) is 7.23. The van der Waals surface area contributed by atoms with Crippen molar-refractivity contribution in [1.82, 2.24) is 20.0 Å². The maximum atomic E-state index is 12.0. The molecular formula is C14H24N4O2. The molecule has 0 radical (unpaired) electrons. The van der Waals surface area contributed by atoms with Crippen molar-refractivity contribution in [3.05, 3.63) is 18.0 Å². The summed E-state index contributed by atoms with van der Waals surface area (Å²) in [7, 11) is 0. The number of carbonyl (C=O) groups is 1. The number of morpholine rings is 1. The van der Waals surface area contributed by atoms with E-state index in [-0.39, 0.29) is 5.91 Å². The Morgan fingerprint density at radius 2 is 2.25 bits per heavy atom. The molecule has 1 saturated heterocycles. The fraction of sp³-hybridized carbons (Fsp3) is 0.714. The number of nitrogens with one attached hydrogen (secondary N) is 1. The van der Waals surface area contributed by atoms with Crippen LogP contribution < -0.4 is 5.32 Å². The Kier molecular flexibility index (Phi) is 5.55. The number of rotatable bonds is 6. The molecule has 0 spiro atoms. The van der Waals surface area contributed by atoms with Crippen LogP contribution in [0, 0.1) is 6.92 Å². The Hall–Kier alpha value is -1.40. The first kappa shape index (κ1) is 15.0. The maximum Gasteiger partial charge on any atom is 0.224 e. The Balaban J connectivity index is 1.63. The van der Waals surface area contributed by atoms with Crippen molar-refractivity contribution in [3.63, 3.8) is 0 Å². The minimum atomic E-state index is 0.211. The molecule has 0 aromatic carbocycles. The summed E-state index contributed by atoms with van der Waals surface area (Å²) in [6, 6.07) is 0.298. The molecule has 1 aromatic heterocycles. The molecule has 1 amide bonds. The topological polar surface area (TPSA) is 59.4 Å². The minimum Gasteiger partial charge on any atom is -0.378 e. The van der Waals surface area contributed by atoms with Crippen LogP contribution in [0.4, 0.5) is 0 Å². The lowest BCUT2D eigenvalue weighted by molar-refractivity contribution is -0.135. The van der Waals surface area contributed by atoms with Crippen LogP contribution in [0.2, 0.25) is 0 Å². The molecule has 112 valence electrons. The summed E-state index contributed by atoms with van der Waals surface area (Å²) < 4.78 is 7.17. The number of hydrogen-bond acceptors (Lipinski definition) is 4. The van der Waals surface area contributed by atoms with Gasteiger partial charge in [-0.1, -0.05) is 0 Å². The average molecular weight is 280 g/mol. The first-order chi connectivity index (χ1) is 9.65. The third-order valence-electron chi connectivity index (χ3n) is 3.42. The zero-order valence-electron chi connectivity index (χ0n) is 12.3. The van der Waals surface area contributed by atoms with E-state index in [9.17, 15) is 4.79 Å². The summed E-state index contributed by atoms with van der Waals surface area (Å²) >= 11 is 0. The molecule has 1 unspecified atom stereocenters. The van der Waals surface area contributed by atoms with Crippen molar-refractivity contribution in [2.75, 3.05) is 32.8 Å². The second-order valence-electron chi connectivity index (χ2n) is 5.34. The summed E-state index contributed by atoms with van der Waals surface area (Å²) in [6.45, 7) is 8.43. The highest BCUT2D eigenvalue weighted by molar-refractivity contribution is 5.76. The van der Waals surface area contributed by atoms with Crippen molar-refractivity contribution in [2.24, 2.45) is 0 Å². The van der Waals surface area contributed by atoms with Crippen LogP contribution >= 0.6 is 0 Å². The number of carbonyl (C=O) groups excluding carboxylic acids is 1. The number of nitrogens with zero attached hydrogens (tertiary/aromatic N) is 3. The molecule has 1 aromatic rings. The van der Waals surface area contributed by atoms with Crippen molar-refractivity contribution >= 4 is 5.91 Å². The molecule has 1 atom stereocenters. The van der Waals surface area contributed by atoms with Crippen molar-refractivity contribution in [1.29, 1.82) is 0 Å². The molecule has 2 heterocycles. The van der Waals surface area contributed by atoms with Crippen LogP contribution in [-0.4, -0.2) is 59.5 Å². The normalized spacial score (nSPS) is 17.2. The lowest BCUT2D eigenvalue weighted by Crippen LogP contribution is -2.42. The molecule has 6 heteroatoms. The smallest absolute Gasteiger partial charge is 0.224 e. The summed E-state index contributed by atoms with van der Waals surface area (Å²) in [6.07, 6.45) is 4.42. The summed E-state index contributed by atoms with van der Waals surface area (Å²) in [4.78, 5) is 13.8. The summed E-state index contributed by atoms with van der Waals surface area (Å²) in [5.41, 5.74) is 1.17. The first-order valence-corrected chi connectivity index (χ1v) is 7.23. The van der Waals surface area contributed by atoms with E-state index in [4.69, 9.17) is 4.74 Å². The van der Waals surface area contributed by atoms with Gasteiger partial charge in [0.1, 0.15) is 0 Å². The van der Waals surface area contributed by atoms with Gasteiger partial charge in [0.25, 0.3) is 0 Å². The molecule has 1 aliphatic rings. The van der Waals surface area contributed by atoms with Crippen LogP contribution in [0.5, 0.6) is 0 Å². The number of aromatic nitrogens is 2. The molecule has 6 nitrogen and oxygen atoms in total. The Labute approximate surface area is 120 Å². The van der Waals surface area contributed by atoms with Gasteiger partial charge in [-0.15, -0.1) is 0 Å². The van der Waals surface area contributed by atoms with Crippen molar-refractivity contribution < 1.29 is 9.53 Å². The van der Waals surface area contributed by atoms with E-state index < -0.39 is 0 Å². The van der Waals surface area contributed by atoms with E-state index in [0.29, 0.717) is 32.2 Å². The molecule has 0 bridgehead atoms. The molecule has 0 saturated carbocycles. The monoisotopic (exact) mass is 280 g/mol. The molecule has 1 fully saturated rings. The highest BCUT2D eigenvalue weighted by Crippen LogP contribution is 2.00. The minimum absolute atomic E-state index is 0.211. The summed E-state index contributed by atoms with van der Waals surface area (Å²) in [5, 5.41) is 7.63. The number of aryl methyl sites for hydroxylation is 1. The standard InChI is InChI=1S/C14H24N4O2/c1-12-9-16-18(10-12)11-13(2)15-4-3-14(19)17-5-7-20-8-6-17/h9-10,13,15H,3-8,11H2,1-2H3. The predicted octanol–water partition coefficient (Wildman–Crippen LogP) is 0.419. The Bertz CT molecular complexity index is 427. The molecule has 1 aliphatic heterocycles. The molecule has 0 aliphatic carbocycles. The zero-order chi connectivity index (χ0) is 14.4. The van der Waals surface area contributed by atoms with Gasteiger partial charge >= 0.3 is 0 Å². The molecular weight excluding hydrogens is 256 g/mol. The van der Waals surface area contributed by atoms with Gasteiger partial charge in [0.2, 0.25) is 5.91 Å². The van der Waals surface area contributed by atoms with Gasteiger partial charge in [-0.05, 0) is 19.4 Å². The van der Waals surface area contributed by atoms with Crippen LogP contribution in [-0.2, 0) is 16.1 Å². The van der Waals surface area contributed by atoms with E-state index in [2.05, 4.69) is 17.3 Å². The number of ether oxygens (including phenoxy) is 1. The van der Waals surface area contributed by atoms with Gasteiger partial charge in [-0.2, -0.15) is 5.10 Å². The van der Waals surface area contributed by atoms with Gasteiger partial charge in [-0.25, -0.2) is 0 Å². The highest BCUT2D eigenvalue weighted by Gasteiger charge is 2.16. The molecule has 1 N–H and O–H groups in total. The van der Waals surface area contributed by atoms with Gasteiger partial charge in [0, 0.05) is 38.3 Å². The summed E-state index contributed by atoms with van der Waals surface area (Å²) in [5.74, 6) is 0.211. The van der Waals surface area contributed by atoms with Gasteiger partial charge in [-0.3, -0.25) is 9.48 Å². The fourth-order valence-electron chi connectivity index (χ4n) is 2.31. The van der Waals surface area contributed by atoms with E-state index in [1.807, 2.05) is 28.9 Å². The molecule has 20 heavy (non-hydrogen) atoms. The molecule has 2 rings (SSSR count). The second kappa shape index (κ2) is 7.40. The van der Waals surface area contributed by atoms with Crippen LogP contribution in [0.3, 0.4) is 0 Å². The quantitative estimate of drug-likeness (QED) is 0.820. The number of amides is 1. The zero-order valence-corrected chi connectivity index (χ0v) is 12.3. The lowest BCUT2D eigenvalue weighted by Gasteiger charge is -2.27. The maximum absolute atomic E-state index is 12.0. The van der Waals surface area contributed by atoms with E-state index in [1.54, 1.807) is 0 Å². The fourth-order valence-corrected chi connectivity index (χ4v) is 2.31. The van der Waals surface area contributed by atoms with Crippen LogP contribution in [0.15, 0.2) is 12.4 Å². The number of hydrogen-bond donors (Lipinski definition) is 1. The van der Waals surface area contributed by atoms with Crippen molar-refractivity contribution in [3.8, 4) is 0 Å². The van der Waals surface area contributed by atoms with Gasteiger partial charge < -0.3 is 15.0 Å². The Morgan fingerprint density at radius 1 is 1.50 bits per heavy atom. The van der Waals surface area contributed by atoms with Crippen LogP contribution in [0.1, 0.15) is 18.9 Å². The van der Waals surface area contributed by atoms with E-state index in [0.717, 1.165) is 19.6 Å².